The number of pyridine rings is 2. The molecule has 6 rings (SSSR count). The summed E-state index contributed by atoms with van der Waals surface area (Å²) < 4.78 is 46.0. The molecule has 1 spiro atoms. The van der Waals surface area contributed by atoms with Gasteiger partial charge in [0.25, 0.3) is 11.8 Å². The maximum atomic E-state index is 15.2. The van der Waals surface area contributed by atoms with Gasteiger partial charge in [0.15, 0.2) is 0 Å². The van der Waals surface area contributed by atoms with Gasteiger partial charge in [-0.05, 0) is 48.2 Å². The molecule has 2 aromatic heterocycles. The molecule has 0 bridgehead atoms. The Labute approximate surface area is 219 Å². The molecule has 11 heteroatoms. The Morgan fingerprint density at radius 2 is 1.74 bits per heavy atom. The molecule has 3 aromatic rings. The predicted molar refractivity (Wildman–Crippen MR) is 141 cm³/mol. The lowest BCUT2D eigenvalue weighted by Crippen LogP contribution is -2.39. The quantitative estimate of drug-likeness (QED) is 0.464. The van der Waals surface area contributed by atoms with Crippen LogP contribution in [0.1, 0.15) is 24.0 Å². The Hall–Kier alpha value is -3.86. The molecule has 1 aliphatic carbocycles. The van der Waals surface area contributed by atoms with Gasteiger partial charge in [-0.1, -0.05) is 0 Å². The van der Waals surface area contributed by atoms with E-state index in [1.807, 2.05) is 24.3 Å². The predicted octanol–water partition coefficient (Wildman–Crippen LogP) is 3.99. The van der Waals surface area contributed by atoms with Crippen molar-refractivity contribution in [3.05, 3.63) is 53.2 Å². The fourth-order valence-corrected chi connectivity index (χ4v) is 5.47. The summed E-state index contributed by atoms with van der Waals surface area (Å²) in [4.78, 5) is 12.4. The molecule has 0 amide bonds. The summed E-state index contributed by atoms with van der Waals surface area (Å²) in [5, 5.41) is 3.39. The topological polar surface area (TPSA) is 98.0 Å². The van der Waals surface area contributed by atoms with E-state index in [0.717, 1.165) is 48.4 Å². The fraction of sp³-hybridized carbons (Fsp3) is 0.407. The minimum atomic E-state index is -0.841. The standard InChI is InChI=1S/C27H30F2N6O3/c1-36-25-22(28)24(23(29)26(33-25)37-2)35-14-16-13-31-21(12-18(16)27(15-35)5-6-27)32-20-11-17(3-4-19(20)30)34-7-9-38-10-8-34/h3-4,11-13H,5-10,14-15,30H2,1-2H3,(H,31,32). The number of methoxy groups -OCH3 is 2. The number of nitrogens with one attached hydrogen (secondary N) is 1. The van der Waals surface area contributed by atoms with Crippen LogP contribution in [0.15, 0.2) is 30.5 Å². The van der Waals surface area contributed by atoms with E-state index in [4.69, 9.17) is 19.9 Å². The van der Waals surface area contributed by atoms with Crippen LogP contribution in [0, 0.1) is 11.6 Å². The van der Waals surface area contributed by atoms with Crippen LogP contribution in [0.25, 0.3) is 0 Å². The molecule has 1 saturated carbocycles. The average molecular weight is 525 g/mol. The van der Waals surface area contributed by atoms with Crippen molar-refractivity contribution in [2.75, 3.05) is 67.9 Å². The summed E-state index contributed by atoms with van der Waals surface area (Å²) >= 11 is 0. The summed E-state index contributed by atoms with van der Waals surface area (Å²) in [7, 11) is 2.59. The van der Waals surface area contributed by atoms with Crippen LogP contribution in [0.3, 0.4) is 0 Å². The van der Waals surface area contributed by atoms with E-state index in [2.05, 4.69) is 20.2 Å². The highest BCUT2D eigenvalue weighted by atomic mass is 19.1. The number of ether oxygens (including phenoxy) is 3. The minimum absolute atomic E-state index is 0.194. The first-order valence-corrected chi connectivity index (χ1v) is 12.6. The Morgan fingerprint density at radius 1 is 1.03 bits per heavy atom. The maximum Gasteiger partial charge on any atom is 0.255 e. The van der Waals surface area contributed by atoms with Gasteiger partial charge in [-0.25, -0.2) is 4.98 Å². The summed E-state index contributed by atoms with van der Waals surface area (Å²) in [6, 6.07) is 7.99. The molecule has 1 saturated heterocycles. The fourth-order valence-electron chi connectivity index (χ4n) is 5.47. The summed E-state index contributed by atoms with van der Waals surface area (Å²) in [5.74, 6) is -1.61. The zero-order chi connectivity index (χ0) is 26.4. The molecule has 0 radical (unpaired) electrons. The molecule has 2 fully saturated rings. The first kappa shape index (κ1) is 24.5. The van der Waals surface area contributed by atoms with E-state index in [-0.39, 0.29) is 22.9 Å². The minimum Gasteiger partial charge on any atom is -0.479 e. The zero-order valence-corrected chi connectivity index (χ0v) is 21.4. The van der Waals surface area contributed by atoms with Crippen molar-refractivity contribution in [3.8, 4) is 11.8 Å². The van der Waals surface area contributed by atoms with Crippen molar-refractivity contribution in [3.63, 3.8) is 0 Å². The van der Waals surface area contributed by atoms with Gasteiger partial charge in [0.1, 0.15) is 11.5 Å². The third-order valence-corrected chi connectivity index (χ3v) is 7.64. The molecule has 0 unspecified atom stereocenters. The third kappa shape index (κ3) is 4.20. The second kappa shape index (κ2) is 9.46. The van der Waals surface area contributed by atoms with E-state index in [1.54, 1.807) is 11.1 Å². The molecule has 38 heavy (non-hydrogen) atoms. The highest BCUT2D eigenvalue weighted by Crippen LogP contribution is 2.54. The number of hydrogen-bond acceptors (Lipinski definition) is 9. The molecule has 4 heterocycles. The van der Waals surface area contributed by atoms with Gasteiger partial charge in [0, 0.05) is 43.5 Å². The molecular formula is C27H30F2N6O3. The number of nitrogen functional groups attached to an aromatic ring is 1. The van der Waals surface area contributed by atoms with Gasteiger partial charge < -0.3 is 35.1 Å². The second-order valence-corrected chi connectivity index (χ2v) is 9.97. The van der Waals surface area contributed by atoms with Gasteiger partial charge in [-0.2, -0.15) is 13.8 Å². The lowest BCUT2D eigenvalue weighted by atomic mass is 9.87. The van der Waals surface area contributed by atoms with Crippen molar-refractivity contribution in [1.82, 2.24) is 9.97 Å². The monoisotopic (exact) mass is 524 g/mol. The number of halogens is 2. The molecular weight excluding hydrogens is 494 g/mol. The highest BCUT2D eigenvalue weighted by molar-refractivity contribution is 5.76. The summed E-state index contributed by atoms with van der Waals surface area (Å²) in [5.41, 5.74) is 10.4. The number of rotatable bonds is 6. The van der Waals surface area contributed by atoms with E-state index >= 15 is 8.78 Å². The molecule has 2 aliphatic heterocycles. The first-order valence-electron chi connectivity index (χ1n) is 12.6. The number of fused-ring (bicyclic) bond motifs is 2. The van der Waals surface area contributed by atoms with E-state index in [1.165, 1.54) is 14.2 Å². The number of hydrogen-bond donors (Lipinski definition) is 2. The van der Waals surface area contributed by atoms with Crippen molar-refractivity contribution in [2.24, 2.45) is 0 Å². The van der Waals surface area contributed by atoms with Crippen LogP contribution < -0.4 is 30.3 Å². The van der Waals surface area contributed by atoms with Gasteiger partial charge in [-0.15, -0.1) is 0 Å². The van der Waals surface area contributed by atoms with Crippen molar-refractivity contribution in [1.29, 1.82) is 0 Å². The number of benzene rings is 1. The highest BCUT2D eigenvalue weighted by Gasteiger charge is 2.50. The normalized spacial score (nSPS) is 17.8. The SMILES string of the molecule is COc1nc(OC)c(F)c(N2Cc3cnc(Nc4cc(N5CCOCC5)ccc4N)cc3C3(CC3)C2)c1F. The Kier molecular flexibility index (Phi) is 6.10. The van der Waals surface area contributed by atoms with Gasteiger partial charge in [0.05, 0.1) is 38.8 Å². The summed E-state index contributed by atoms with van der Waals surface area (Å²) in [6.45, 7) is 3.81. The van der Waals surface area contributed by atoms with E-state index in [0.29, 0.717) is 37.8 Å². The maximum absolute atomic E-state index is 15.2. The van der Waals surface area contributed by atoms with Crippen molar-refractivity contribution in [2.45, 2.75) is 24.8 Å². The Balaban J connectivity index is 1.30. The van der Waals surface area contributed by atoms with Gasteiger partial charge >= 0.3 is 0 Å². The molecule has 0 atom stereocenters. The number of nitrogens with zero attached hydrogens (tertiary/aromatic N) is 4. The number of anilines is 5. The number of aromatic nitrogens is 2. The van der Waals surface area contributed by atoms with E-state index < -0.39 is 11.6 Å². The lowest BCUT2D eigenvalue weighted by Gasteiger charge is -2.37. The van der Waals surface area contributed by atoms with Crippen molar-refractivity contribution < 1.29 is 23.0 Å². The number of morpholine rings is 1. The van der Waals surface area contributed by atoms with Gasteiger partial charge in [0.2, 0.25) is 11.6 Å². The van der Waals surface area contributed by atoms with Crippen LogP contribution in [0.2, 0.25) is 0 Å². The van der Waals surface area contributed by atoms with Crippen LogP contribution >= 0.6 is 0 Å². The smallest absolute Gasteiger partial charge is 0.255 e. The lowest BCUT2D eigenvalue weighted by molar-refractivity contribution is 0.122. The third-order valence-electron chi connectivity index (χ3n) is 7.64. The Bertz CT molecular complexity index is 1350. The molecule has 3 N–H and O–H groups in total. The second-order valence-electron chi connectivity index (χ2n) is 9.97. The molecule has 9 nitrogen and oxygen atoms in total. The van der Waals surface area contributed by atoms with Crippen LogP contribution in [-0.2, 0) is 16.7 Å². The zero-order valence-electron chi connectivity index (χ0n) is 21.4. The molecule has 200 valence electrons. The number of nitrogens with two attached hydrogens (primary N) is 1. The van der Waals surface area contributed by atoms with Gasteiger partial charge in [-0.3, -0.25) is 0 Å². The molecule has 1 aromatic carbocycles. The van der Waals surface area contributed by atoms with Crippen LogP contribution in [0.5, 0.6) is 11.8 Å². The largest absolute Gasteiger partial charge is 0.479 e. The average Bonchev–Trinajstić information content (AvgIpc) is 3.70. The van der Waals surface area contributed by atoms with Crippen LogP contribution in [-0.4, -0.2) is 57.0 Å². The Morgan fingerprint density at radius 3 is 2.39 bits per heavy atom. The van der Waals surface area contributed by atoms with Crippen LogP contribution in [0.4, 0.5) is 37.3 Å². The first-order chi connectivity index (χ1) is 18.4. The van der Waals surface area contributed by atoms with Crippen molar-refractivity contribution >= 4 is 28.6 Å². The summed E-state index contributed by atoms with van der Waals surface area (Å²) in [6.07, 6.45) is 3.60. The van der Waals surface area contributed by atoms with E-state index in [9.17, 15) is 0 Å². The molecule has 3 aliphatic rings.